The number of nitrogens with one attached hydrogen (secondary N) is 1. The lowest BCUT2D eigenvalue weighted by atomic mass is 10.0. The van der Waals surface area contributed by atoms with Crippen LogP contribution in [0.3, 0.4) is 0 Å². The first-order valence-electron chi connectivity index (χ1n) is 10.0. The van der Waals surface area contributed by atoms with Crippen LogP contribution in [0.2, 0.25) is 0 Å². The molecule has 0 spiro atoms. The second-order valence-corrected chi connectivity index (χ2v) is 8.74. The minimum Gasteiger partial charge on any atom is -0.488 e. The monoisotopic (exact) mass is 497 g/mol. The molecule has 2 heterocycles. The maximum Gasteiger partial charge on any atom is 0.219 e. The van der Waals surface area contributed by atoms with E-state index in [1.54, 1.807) is 19.1 Å². The lowest BCUT2D eigenvalue weighted by molar-refractivity contribution is -0.129. The van der Waals surface area contributed by atoms with Crippen molar-refractivity contribution >= 4 is 34.2 Å². The molecule has 1 amide bonds. The molecule has 1 saturated heterocycles. The third kappa shape index (κ3) is 5.50. The van der Waals surface area contributed by atoms with Gasteiger partial charge in [0.25, 0.3) is 0 Å². The number of hydrogen-bond donors (Lipinski definition) is 1. The summed E-state index contributed by atoms with van der Waals surface area (Å²) in [6.45, 7) is 3.44. The van der Waals surface area contributed by atoms with E-state index >= 15 is 0 Å². The van der Waals surface area contributed by atoms with Crippen molar-refractivity contribution in [3.8, 4) is 5.75 Å². The van der Waals surface area contributed by atoms with Crippen LogP contribution in [0, 0.1) is 5.95 Å². The zero-order valence-corrected chi connectivity index (χ0v) is 19.2. The quantitative estimate of drug-likeness (QED) is 0.598. The number of piperidine rings is 1. The molecule has 2 fully saturated rings. The molecule has 1 aliphatic carbocycles. The summed E-state index contributed by atoms with van der Waals surface area (Å²) >= 11 is 3.56. The van der Waals surface area contributed by atoms with Gasteiger partial charge in [-0.1, -0.05) is 15.9 Å². The van der Waals surface area contributed by atoms with Gasteiger partial charge in [0.15, 0.2) is 0 Å². The summed E-state index contributed by atoms with van der Waals surface area (Å²) in [7, 11) is 0. The van der Waals surface area contributed by atoms with E-state index in [1.165, 1.54) is 6.20 Å². The number of aromatic nitrogens is 1. The normalized spacial score (nSPS) is 21.1. The fourth-order valence-corrected chi connectivity index (χ4v) is 4.39. The predicted octanol–water partition coefficient (Wildman–Crippen LogP) is 4.44. The molecule has 0 radical (unpaired) electrons. The van der Waals surface area contributed by atoms with E-state index in [4.69, 9.17) is 4.74 Å². The van der Waals surface area contributed by atoms with Crippen LogP contribution in [0.15, 0.2) is 41.0 Å². The number of pyridine rings is 1. The van der Waals surface area contributed by atoms with Crippen LogP contribution in [-0.2, 0) is 11.4 Å². The van der Waals surface area contributed by atoms with E-state index in [1.807, 2.05) is 17.0 Å². The molecule has 5 nitrogen and oxygen atoms in total. The Bertz CT molecular complexity index is 892. The number of ether oxygens (including phenoxy) is 1. The van der Waals surface area contributed by atoms with Gasteiger partial charge < -0.3 is 15.0 Å². The van der Waals surface area contributed by atoms with Crippen molar-refractivity contribution in [1.29, 1.82) is 0 Å². The van der Waals surface area contributed by atoms with Gasteiger partial charge in [0.2, 0.25) is 11.9 Å². The molecular weight excluding hydrogens is 473 g/mol. The van der Waals surface area contributed by atoms with Crippen LogP contribution in [-0.4, -0.2) is 41.0 Å². The molecule has 1 N–H and O–H groups in total. The van der Waals surface area contributed by atoms with Crippen LogP contribution >= 0.6 is 28.3 Å². The molecule has 2 atom stereocenters. The molecule has 8 heteroatoms. The summed E-state index contributed by atoms with van der Waals surface area (Å²) < 4.78 is 20.8. The van der Waals surface area contributed by atoms with Gasteiger partial charge in [0, 0.05) is 54.2 Å². The lowest BCUT2D eigenvalue weighted by Crippen LogP contribution is -2.45. The highest BCUT2D eigenvalue weighted by Crippen LogP contribution is 2.46. The molecule has 162 valence electrons. The summed E-state index contributed by atoms with van der Waals surface area (Å²) in [5, 5.41) is 3.75. The summed E-state index contributed by atoms with van der Waals surface area (Å²) in [6.07, 6.45) is 4.47. The summed E-state index contributed by atoms with van der Waals surface area (Å²) in [6, 6.07) is 10.2. The van der Waals surface area contributed by atoms with Crippen molar-refractivity contribution in [3.05, 3.63) is 58.1 Å². The molecule has 0 unspecified atom stereocenters. The van der Waals surface area contributed by atoms with Gasteiger partial charge in [-0.2, -0.15) is 4.39 Å². The standard InChI is InChI=1S/C22H25BrFN3O2.ClH/c1-14(28)27-9-6-17(7-10-27)26-20-12-18(20)19-11-16(23)4-5-21(19)29-13-15-3-2-8-25-22(15)24;/h2-5,8,11,17-18,20,26H,6-7,9-10,12-13H2,1H3;1H/t18-,20+;/m0./s1. The fourth-order valence-electron chi connectivity index (χ4n) is 4.01. The van der Waals surface area contributed by atoms with Crippen molar-refractivity contribution in [1.82, 2.24) is 15.2 Å². The molecule has 1 saturated carbocycles. The highest BCUT2D eigenvalue weighted by atomic mass is 79.9. The van der Waals surface area contributed by atoms with E-state index in [9.17, 15) is 9.18 Å². The summed E-state index contributed by atoms with van der Waals surface area (Å²) in [5.74, 6) is 0.840. The van der Waals surface area contributed by atoms with Gasteiger partial charge in [0.05, 0.1) is 0 Å². The van der Waals surface area contributed by atoms with E-state index in [0.717, 1.165) is 48.1 Å². The number of benzene rings is 1. The van der Waals surface area contributed by atoms with E-state index in [-0.39, 0.29) is 24.9 Å². The fraction of sp³-hybridized carbons (Fsp3) is 0.455. The number of carbonyl (C=O) groups is 1. The molecule has 1 aromatic carbocycles. The smallest absolute Gasteiger partial charge is 0.219 e. The van der Waals surface area contributed by atoms with E-state index in [2.05, 4.69) is 32.3 Å². The Labute approximate surface area is 190 Å². The predicted molar refractivity (Wildman–Crippen MR) is 119 cm³/mol. The first kappa shape index (κ1) is 23.0. The van der Waals surface area contributed by atoms with Crippen LogP contribution < -0.4 is 10.1 Å². The number of rotatable bonds is 6. The first-order chi connectivity index (χ1) is 14.0. The number of halogens is 3. The van der Waals surface area contributed by atoms with Crippen molar-refractivity contribution < 1.29 is 13.9 Å². The minimum absolute atomic E-state index is 0. The minimum atomic E-state index is -0.492. The van der Waals surface area contributed by atoms with E-state index in [0.29, 0.717) is 23.6 Å². The van der Waals surface area contributed by atoms with Crippen LogP contribution in [0.25, 0.3) is 0 Å². The Kier molecular flexibility index (Phi) is 7.71. The molecule has 2 aliphatic rings. The second kappa shape index (κ2) is 10.1. The Hall–Kier alpha value is -1.70. The zero-order chi connectivity index (χ0) is 20.4. The van der Waals surface area contributed by atoms with Crippen molar-refractivity contribution in [2.75, 3.05) is 13.1 Å². The number of likely N-dealkylation sites (tertiary alicyclic amines) is 1. The van der Waals surface area contributed by atoms with Gasteiger partial charge in [-0.25, -0.2) is 4.98 Å². The molecular formula is C22H26BrClFN3O2. The van der Waals surface area contributed by atoms with Crippen LogP contribution in [0.5, 0.6) is 5.75 Å². The maximum absolute atomic E-state index is 13.8. The Morgan fingerprint density at radius 3 is 2.80 bits per heavy atom. The van der Waals surface area contributed by atoms with Crippen LogP contribution in [0.4, 0.5) is 4.39 Å². The molecule has 4 rings (SSSR count). The Balaban J connectivity index is 0.00000256. The Morgan fingerprint density at radius 2 is 2.10 bits per heavy atom. The number of amides is 1. The Morgan fingerprint density at radius 1 is 1.33 bits per heavy atom. The van der Waals surface area contributed by atoms with Gasteiger partial charge in [-0.15, -0.1) is 12.4 Å². The summed E-state index contributed by atoms with van der Waals surface area (Å²) in [4.78, 5) is 17.1. The SMILES string of the molecule is CC(=O)N1CCC(N[C@@H]2C[C@H]2c2cc(Br)ccc2OCc2cccnc2F)CC1.Cl. The van der Waals surface area contributed by atoms with Gasteiger partial charge in [-0.05, 0) is 55.2 Å². The average molecular weight is 499 g/mol. The van der Waals surface area contributed by atoms with Crippen molar-refractivity contribution in [3.63, 3.8) is 0 Å². The average Bonchev–Trinajstić information content (AvgIpc) is 3.47. The summed E-state index contributed by atoms with van der Waals surface area (Å²) in [5.41, 5.74) is 1.59. The first-order valence-corrected chi connectivity index (χ1v) is 10.8. The second-order valence-electron chi connectivity index (χ2n) is 7.82. The topological polar surface area (TPSA) is 54.5 Å². The van der Waals surface area contributed by atoms with Crippen molar-refractivity contribution in [2.45, 2.75) is 50.8 Å². The molecule has 30 heavy (non-hydrogen) atoms. The molecule has 1 aliphatic heterocycles. The largest absolute Gasteiger partial charge is 0.488 e. The van der Waals surface area contributed by atoms with Gasteiger partial charge >= 0.3 is 0 Å². The zero-order valence-electron chi connectivity index (χ0n) is 16.8. The number of nitrogens with zero attached hydrogens (tertiary/aromatic N) is 2. The maximum atomic E-state index is 13.8. The molecule has 0 bridgehead atoms. The lowest BCUT2D eigenvalue weighted by Gasteiger charge is -2.32. The van der Waals surface area contributed by atoms with E-state index < -0.39 is 5.95 Å². The van der Waals surface area contributed by atoms with Gasteiger partial charge in [-0.3, -0.25) is 4.79 Å². The third-order valence-corrected chi connectivity index (χ3v) is 6.26. The highest BCUT2D eigenvalue weighted by Gasteiger charge is 2.41. The molecule has 1 aromatic heterocycles. The number of carbonyl (C=O) groups excluding carboxylic acids is 1. The van der Waals surface area contributed by atoms with Crippen molar-refractivity contribution in [2.24, 2.45) is 0 Å². The highest BCUT2D eigenvalue weighted by molar-refractivity contribution is 9.10. The molecule has 2 aromatic rings. The van der Waals surface area contributed by atoms with Gasteiger partial charge in [0.1, 0.15) is 12.4 Å². The number of hydrogen-bond acceptors (Lipinski definition) is 4. The third-order valence-electron chi connectivity index (χ3n) is 5.77. The van der Waals surface area contributed by atoms with Crippen LogP contribution in [0.1, 0.15) is 43.2 Å².